The molecular weight excluding hydrogens is 392 g/mol. The van der Waals surface area contributed by atoms with Crippen molar-refractivity contribution in [3.63, 3.8) is 0 Å². The van der Waals surface area contributed by atoms with E-state index in [-0.39, 0.29) is 5.56 Å². The Balaban J connectivity index is 1.68. The number of rotatable bonds is 11. The van der Waals surface area contributed by atoms with Gasteiger partial charge < -0.3 is 14.6 Å². The maximum Gasteiger partial charge on any atom is 0.344 e. The molecular formula is C26H28O5. The molecule has 0 heterocycles. The molecule has 0 fully saturated rings. The lowest BCUT2D eigenvalue weighted by atomic mass is 10.0. The average molecular weight is 421 g/mol. The molecule has 3 rings (SSSR count). The standard InChI is InChI=1S/C26H28O5/c1-2-3-4-5-6-9-18-30-24-17-16-23(21-10-7-8-11-22(21)24)26(29)31-20-14-12-19(13-15-20)25(27)28/h7-8,10-17H,2-6,9,18H2,1H3,(H,27,28). The minimum absolute atomic E-state index is 0.136. The first kappa shape index (κ1) is 22.3. The summed E-state index contributed by atoms with van der Waals surface area (Å²) in [5.41, 5.74) is 0.571. The molecule has 3 aromatic rings. The van der Waals surface area contributed by atoms with Crippen LogP contribution in [0.15, 0.2) is 60.7 Å². The number of unbranched alkanes of at least 4 members (excludes halogenated alkanes) is 5. The van der Waals surface area contributed by atoms with Crippen LogP contribution in [0.4, 0.5) is 0 Å². The van der Waals surface area contributed by atoms with Crippen molar-refractivity contribution >= 4 is 22.7 Å². The molecule has 0 spiro atoms. The molecule has 0 amide bonds. The number of hydrogen-bond donors (Lipinski definition) is 1. The second-order valence-corrected chi connectivity index (χ2v) is 7.49. The lowest BCUT2D eigenvalue weighted by Crippen LogP contribution is -2.10. The van der Waals surface area contributed by atoms with Crippen LogP contribution >= 0.6 is 0 Å². The van der Waals surface area contributed by atoms with Gasteiger partial charge in [-0.25, -0.2) is 9.59 Å². The van der Waals surface area contributed by atoms with Crippen LogP contribution in [0, 0.1) is 0 Å². The Morgan fingerprint density at radius 1 is 0.806 bits per heavy atom. The molecule has 5 heteroatoms. The smallest absolute Gasteiger partial charge is 0.344 e. The van der Waals surface area contributed by atoms with Crippen LogP contribution in [0.5, 0.6) is 11.5 Å². The SMILES string of the molecule is CCCCCCCCOc1ccc(C(=O)Oc2ccc(C(=O)O)cc2)c2ccccc12. The number of hydrogen-bond acceptors (Lipinski definition) is 4. The van der Waals surface area contributed by atoms with Crippen LogP contribution in [-0.2, 0) is 0 Å². The molecule has 0 bridgehead atoms. The number of carboxylic acid groups (broad SMARTS) is 1. The number of benzene rings is 3. The van der Waals surface area contributed by atoms with Gasteiger partial charge in [-0.15, -0.1) is 0 Å². The summed E-state index contributed by atoms with van der Waals surface area (Å²) >= 11 is 0. The highest BCUT2D eigenvalue weighted by Crippen LogP contribution is 2.29. The summed E-state index contributed by atoms with van der Waals surface area (Å²) in [6.07, 6.45) is 7.19. The summed E-state index contributed by atoms with van der Waals surface area (Å²) in [7, 11) is 0. The topological polar surface area (TPSA) is 72.8 Å². The van der Waals surface area contributed by atoms with Crippen molar-refractivity contribution in [2.75, 3.05) is 6.61 Å². The van der Waals surface area contributed by atoms with E-state index in [1.165, 1.54) is 49.9 Å². The minimum Gasteiger partial charge on any atom is -0.493 e. The van der Waals surface area contributed by atoms with Crippen molar-refractivity contribution in [1.29, 1.82) is 0 Å². The molecule has 0 saturated heterocycles. The zero-order valence-electron chi connectivity index (χ0n) is 17.8. The third-order valence-corrected chi connectivity index (χ3v) is 5.17. The second kappa shape index (κ2) is 11.2. The van der Waals surface area contributed by atoms with E-state index in [2.05, 4.69) is 6.92 Å². The van der Waals surface area contributed by atoms with Gasteiger partial charge in [0.15, 0.2) is 0 Å². The third kappa shape index (κ3) is 6.07. The zero-order chi connectivity index (χ0) is 22.1. The van der Waals surface area contributed by atoms with E-state index < -0.39 is 11.9 Å². The van der Waals surface area contributed by atoms with Crippen molar-refractivity contribution in [3.8, 4) is 11.5 Å². The monoisotopic (exact) mass is 420 g/mol. The van der Waals surface area contributed by atoms with Crippen LogP contribution in [0.3, 0.4) is 0 Å². The molecule has 0 atom stereocenters. The summed E-state index contributed by atoms with van der Waals surface area (Å²) in [5.74, 6) is -0.476. The van der Waals surface area contributed by atoms with E-state index in [0.717, 1.165) is 29.4 Å². The second-order valence-electron chi connectivity index (χ2n) is 7.49. The van der Waals surface area contributed by atoms with Crippen molar-refractivity contribution < 1.29 is 24.2 Å². The van der Waals surface area contributed by atoms with Gasteiger partial charge in [0.25, 0.3) is 0 Å². The molecule has 0 aromatic heterocycles. The molecule has 0 aliphatic heterocycles. The normalized spacial score (nSPS) is 10.7. The predicted molar refractivity (Wildman–Crippen MR) is 121 cm³/mol. The summed E-state index contributed by atoms with van der Waals surface area (Å²) in [4.78, 5) is 23.7. The number of ether oxygens (including phenoxy) is 2. The molecule has 0 aliphatic carbocycles. The van der Waals surface area contributed by atoms with Gasteiger partial charge in [-0.05, 0) is 48.2 Å². The third-order valence-electron chi connectivity index (χ3n) is 5.17. The zero-order valence-corrected chi connectivity index (χ0v) is 17.8. The Kier molecular flexibility index (Phi) is 8.05. The molecule has 1 N–H and O–H groups in total. The fraction of sp³-hybridized carbons (Fsp3) is 0.308. The van der Waals surface area contributed by atoms with Gasteiger partial charge in [-0.1, -0.05) is 63.3 Å². The molecule has 0 aliphatic rings. The Morgan fingerprint density at radius 2 is 1.48 bits per heavy atom. The van der Waals surface area contributed by atoms with Gasteiger partial charge in [0.2, 0.25) is 0 Å². The van der Waals surface area contributed by atoms with Crippen LogP contribution in [0.2, 0.25) is 0 Å². The first-order chi connectivity index (χ1) is 15.1. The van der Waals surface area contributed by atoms with E-state index in [1.807, 2.05) is 30.3 Å². The Bertz CT molecular complexity index is 1020. The molecule has 0 saturated carbocycles. The highest BCUT2D eigenvalue weighted by atomic mass is 16.5. The van der Waals surface area contributed by atoms with Crippen LogP contribution in [0.1, 0.15) is 66.2 Å². The quantitative estimate of drug-likeness (QED) is 0.218. The highest BCUT2D eigenvalue weighted by Gasteiger charge is 2.15. The molecule has 0 radical (unpaired) electrons. The van der Waals surface area contributed by atoms with Crippen molar-refractivity contribution in [2.24, 2.45) is 0 Å². The van der Waals surface area contributed by atoms with Crippen LogP contribution in [-0.4, -0.2) is 23.7 Å². The Morgan fingerprint density at radius 3 is 2.19 bits per heavy atom. The number of carbonyl (C=O) groups is 2. The summed E-state index contributed by atoms with van der Waals surface area (Å²) in [6.45, 7) is 2.86. The molecule has 31 heavy (non-hydrogen) atoms. The average Bonchev–Trinajstić information content (AvgIpc) is 2.78. The molecule has 162 valence electrons. The van der Waals surface area contributed by atoms with Crippen molar-refractivity contribution in [2.45, 2.75) is 45.4 Å². The molecule has 3 aromatic carbocycles. The lowest BCUT2D eigenvalue weighted by molar-refractivity contribution is 0.0696. The van der Waals surface area contributed by atoms with E-state index >= 15 is 0 Å². The van der Waals surface area contributed by atoms with Crippen LogP contribution in [0.25, 0.3) is 10.8 Å². The van der Waals surface area contributed by atoms with Gasteiger partial charge >= 0.3 is 11.9 Å². The fourth-order valence-corrected chi connectivity index (χ4v) is 3.47. The first-order valence-electron chi connectivity index (χ1n) is 10.8. The van der Waals surface area contributed by atoms with Gasteiger partial charge in [0.05, 0.1) is 17.7 Å². The van der Waals surface area contributed by atoms with E-state index in [0.29, 0.717) is 17.9 Å². The van der Waals surface area contributed by atoms with Crippen LogP contribution < -0.4 is 9.47 Å². The maximum absolute atomic E-state index is 12.8. The van der Waals surface area contributed by atoms with E-state index in [9.17, 15) is 9.59 Å². The number of fused-ring (bicyclic) bond motifs is 1. The largest absolute Gasteiger partial charge is 0.493 e. The molecule has 0 unspecified atom stereocenters. The number of esters is 1. The first-order valence-corrected chi connectivity index (χ1v) is 10.8. The van der Waals surface area contributed by atoms with Gasteiger partial charge in [0, 0.05) is 5.39 Å². The number of carbonyl (C=O) groups excluding carboxylic acids is 1. The predicted octanol–water partition coefficient (Wildman–Crippen LogP) is 6.50. The van der Waals surface area contributed by atoms with Crippen molar-refractivity contribution in [3.05, 3.63) is 71.8 Å². The van der Waals surface area contributed by atoms with E-state index in [4.69, 9.17) is 14.6 Å². The van der Waals surface area contributed by atoms with Gasteiger partial charge in [0.1, 0.15) is 11.5 Å². The van der Waals surface area contributed by atoms with E-state index in [1.54, 1.807) is 6.07 Å². The Hall–Kier alpha value is -3.34. The summed E-state index contributed by atoms with van der Waals surface area (Å²) in [6, 6.07) is 16.9. The highest BCUT2D eigenvalue weighted by molar-refractivity contribution is 6.07. The maximum atomic E-state index is 12.8. The molecule has 5 nitrogen and oxygen atoms in total. The minimum atomic E-state index is -1.03. The summed E-state index contributed by atoms with van der Waals surface area (Å²) in [5, 5.41) is 10.6. The Labute approximate surface area is 182 Å². The number of carboxylic acids is 1. The number of aromatic carboxylic acids is 1. The fourth-order valence-electron chi connectivity index (χ4n) is 3.47. The van der Waals surface area contributed by atoms with Crippen molar-refractivity contribution in [1.82, 2.24) is 0 Å². The lowest BCUT2D eigenvalue weighted by Gasteiger charge is -2.12. The summed E-state index contributed by atoms with van der Waals surface area (Å²) < 4.78 is 11.5. The van der Waals surface area contributed by atoms with Gasteiger partial charge in [-0.3, -0.25) is 0 Å². The van der Waals surface area contributed by atoms with Gasteiger partial charge in [-0.2, -0.15) is 0 Å².